The monoisotopic (exact) mass is 238 g/mol. The highest BCUT2D eigenvalue weighted by atomic mass is 35.5. The standard InChI is InChI=1S/C8H5Cl3O2/c9-6-3-1-2-5(4-6)7(12)13-8(10)11/h1-4,8H. The minimum atomic E-state index is -1.16. The molecule has 0 radical (unpaired) electrons. The third-order valence-electron chi connectivity index (χ3n) is 1.26. The quantitative estimate of drug-likeness (QED) is 0.585. The molecule has 0 amide bonds. The van der Waals surface area contributed by atoms with E-state index in [-0.39, 0.29) is 0 Å². The van der Waals surface area contributed by atoms with Crippen molar-refractivity contribution in [2.24, 2.45) is 0 Å². The summed E-state index contributed by atoms with van der Waals surface area (Å²) in [6.07, 6.45) is 0. The van der Waals surface area contributed by atoms with Gasteiger partial charge in [0.05, 0.1) is 5.56 Å². The van der Waals surface area contributed by atoms with Crippen LogP contribution in [-0.2, 0) is 4.74 Å². The molecule has 5 heteroatoms. The van der Waals surface area contributed by atoms with Crippen LogP contribution in [0.4, 0.5) is 0 Å². The number of halogens is 3. The highest BCUT2D eigenvalue weighted by Gasteiger charge is 2.10. The lowest BCUT2D eigenvalue weighted by Gasteiger charge is -2.04. The first-order chi connectivity index (χ1) is 6.09. The highest BCUT2D eigenvalue weighted by Crippen LogP contribution is 2.13. The molecule has 0 unspecified atom stereocenters. The molecule has 0 saturated carbocycles. The lowest BCUT2D eigenvalue weighted by molar-refractivity contribution is 0.0536. The van der Waals surface area contributed by atoms with Gasteiger partial charge >= 0.3 is 5.97 Å². The van der Waals surface area contributed by atoms with Gasteiger partial charge in [0.15, 0.2) is 0 Å². The second-order valence-electron chi connectivity index (χ2n) is 2.18. The summed E-state index contributed by atoms with van der Waals surface area (Å²) in [4.78, 5) is 11.2. The molecule has 0 heterocycles. The van der Waals surface area contributed by atoms with E-state index in [0.29, 0.717) is 10.6 Å². The van der Waals surface area contributed by atoms with E-state index in [1.165, 1.54) is 6.07 Å². The Morgan fingerprint density at radius 1 is 1.38 bits per heavy atom. The van der Waals surface area contributed by atoms with Crippen LogP contribution < -0.4 is 0 Å². The normalized spacial score (nSPS) is 10.2. The van der Waals surface area contributed by atoms with Gasteiger partial charge in [-0.2, -0.15) is 0 Å². The van der Waals surface area contributed by atoms with Crippen molar-refractivity contribution in [3.8, 4) is 0 Å². The number of ether oxygens (including phenoxy) is 1. The van der Waals surface area contributed by atoms with Gasteiger partial charge in [-0.25, -0.2) is 4.79 Å². The second kappa shape index (κ2) is 4.70. The first-order valence-corrected chi connectivity index (χ1v) is 4.59. The van der Waals surface area contributed by atoms with E-state index in [0.717, 1.165) is 0 Å². The Morgan fingerprint density at radius 2 is 2.08 bits per heavy atom. The highest BCUT2D eigenvalue weighted by molar-refractivity contribution is 6.43. The first kappa shape index (κ1) is 10.6. The van der Waals surface area contributed by atoms with Gasteiger partial charge in [-0.3, -0.25) is 0 Å². The topological polar surface area (TPSA) is 26.3 Å². The van der Waals surface area contributed by atoms with Crippen LogP contribution in [0, 0.1) is 0 Å². The van der Waals surface area contributed by atoms with Crippen molar-refractivity contribution in [2.75, 3.05) is 0 Å². The van der Waals surface area contributed by atoms with E-state index in [2.05, 4.69) is 4.74 Å². The van der Waals surface area contributed by atoms with E-state index < -0.39 is 11.0 Å². The van der Waals surface area contributed by atoms with E-state index >= 15 is 0 Å². The van der Waals surface area contributed by atoms with Gasteiger partial charge in [0.2, 0.25) is 0 Å². The second-order valence-corrected chi connectivity index (χ2v) is 3.63. The fourth-order valence-corrected chi connectivity index (χ4v) is 1.12. The molecular formula is C8H5Cl3O2. The van der Waals surface area contributed by atoms with E-state index in [4.69, 9.17) is 34.8 Å². The number of alkyl halides is 2. The summed E-state index contributed by atoms with van der Waals surface area (Å²) in [7, 11) is 0. The third-order valence-corrected chi connectivity index (χ3v) is 1.67. The molecule has 1 aromatic rings. The van der Waals surface area contributed by atoms with Gasteiger partial charge in [0.25, 0.3) is 5.02 Å². The minimum Gasteiger partial charge on any atom is -0.428 e. The molecule has 0 aliphatic rings. The van der Waals surface area contributed by atoms with Crippen molar-refractivity contribution in [3.05, 3.63) is 34.9 Å². The number of esters is 1. The third kappa shape index (κ3) is 3.43. The van der Waals surface area contributed by atoms with E-state index in [1.54, 1.807) is 18.2 Å². The predicted octanol–water partition coefficient (Wildman–Crippen LogP) is 3.26. The van der Waals surface area contributed by atoms with Crippen LogP contribution in [0.15, 0.2) is 24.3 Å². The maximum Gasteiger partial charge on any atom is 0.340 e. The average molecular weight is 239 g/mol. The molecular weight excluding hydrogens is 234 g/mol. The molecule has 0 fully saturated rings. The molecule has 0 atom stereocenters. The summed E-state index contributed by atoms with van der Waals surface area (Å²) in [5.74, 6) is -0.600. The molecule has 2 nitrogen and oxygen atoms in total. The van der Waals surface area contributed by atoms with Crippen molar-refractivity contribution < 1.29 is 9.53 Å². The molecule has 1 aromatic carbocycles. The van der Waals surface area contributed by atoms with E-state index in [1.807, 2.05) is 0 Å². The Morgan fingerprint density at radius 3 is 2.62 bits per heavy atom. The molecule has 70 valence electrons. The van der Waals surface area contributed by atoms with Crippen LogP contribution >= 0.6 is 34.8 Å². The van der Waals surface area contributed by atoms with Gasteiger partial charge in [-0.05, 0) is 18.2 Å². The first-order valence-electron chi connectivity index (χ1n) is 3.34. The molecule has 0 aliphatic carbocycles. The maximum atomic E-state index is 11.2. The van der Waals surface area contributed by atoms with Crippen LogP contribution in [0.3, 0.4) is 0 Å². The average Bonchev–Trinajstić information content (AvgIpc) is 2.03. The number of rotatable bonds is 2. The van der Waals surface area contributed by atoms with Gasteiger partial charge in [-0.15, -0.1) is 0 Å². The fourth-order valence-electron chi connectivity index (χ4n) is 0.764. The zero-order chi connectivity index (χ0) is 9.84. The van der Waals surface area contributed by atoms with Crippen molar-refractivity contribution in [3.63, 3.8) is 0 Å². The van der Waals surface area contributed by atoms with Crippen LogP contribution in [0.1, 0.15) is 10.4 Å². The van der Waals surface area contributed by atoms with Gasteiger partial charge in [-0.1, -0.05) is 40.9 Å². The summed E-state index contributed by atoms with van der Waals surface area (Å²) in [6.45, 7) is 0. The van der Waals surface area contributed by atoms with Crippen molar-refractivity contribution >= 4 is 40.8 Å². The Balaban J connectivity index is 2.77. The molecule has 0 bridgehead atoms. The van der Waals surface area contributed by atoms with Crippen molar-refractivity contribution in [1.29, 1.82) is 0 Å². The van der Waals surface area contributed by atoms with Crippen molar-refractivity contribution in [2.45, 2.75) is 5.02 Å². The summed E-state index contributed by atoms with van der Waals surface area (Å²) in [5.41, 5.74) is 0.318. The molecule has 0 aromatic heterocycles. The van der Waals surface area contributed by atoms with Crippen molar-refractivity contribution in [1.82, 2.24) is 0 Å². The lowest BCUT2D eigenvalue weighted by atomic mass is 10.2. The Labute approximate surface area is 90.3 Å². The lowest BCUT2D eigenvalue weighted by Crippen LogP contribution is -2.07. The summed E-state index contributed by atoms with van der Waals surface area (Å²) in [5, 5.41) is -0.707. The number of benzene rings is 1. The van der Waals surface area contributed by atoms with Crippen LogP contribution in [0.2, 0.25) is 5.02 Å². The minimum absolute atomic E-state index is 0.318. The zero-order valence-corrected chi connectivity index (χ0v) is 8.60. The Hall–Kier alpha value is -0.440. The molecule has 1 rings (SSSR count). The number of carbonyl (C=O) groups excluding carboxylic acids is 1. The molecule has 0 saturated heterocycles. The maximum absolute atomic E-state index is 11.2. The van der Waals surface area contributed by atoms with Crippen LogP contribution in [-0.4, -0.2) is 11.0 Å². The summed E-state index contributed by atoms with van der Waals surface area (Å²) in [6, 6.07) is 6.32. The van der Waals surface area contributed by atoms with Gasteiger partial charge in [0, 0.05) is 5.02 Å². The SMILES string of the molecule is O=C(OC(Cl)Cl)c1cccc(Cl)c1. The Bertz CT molecular complexity index is 312. The van der Waals surface area contributed by atoms with E-state index in [9.17, 15) is 4.79 Å². The summed E-state index contributed by atoms with van der Waals surface area (Å²) >= 11 is 16.2. The number of carbonyl (C=O) groups is 1. The number of hydrogen-bond donors (Lipinski definition) is 0. The van der Waals surface area contributed by atoms with Crippen LogP contribution in [0.25, 0.3) is 0 Å². The number of hydrogen-bond acceptors (Lipinski definition) is 2. The molecule has 0 spiro atoms. The molecule has 0 aliphatic heterocycles. The largest absolute Gasteiger partial charge is 0.428 e. The smallest absolute Gasteiger partial charge is 0.340 e. The summed E-state index contributed by atoms with van der Waals surface area (Å²) < 4.78 is 4.52. The molecule has 0 N–H and O–H groups in total. The van der Waals surface area contributed by atoms with Gasteiger partial charge in [0.1, 0.15) is 0 Å². The predicted molar refractivity (Wildman–Crippen MR) is 52.4 cm³/mol. The zero-order valence-electron chi connectivity index (χ0n) is 6.34. The Kier molecular flexibility index (Phi) is 3.85. The molecule has 13 heavy (non-hydrogen) atoms. The van der Waals surface area contributed by atoms with Crippen LogP contribution in [0.5, 0.6) is 0 Å². The van der Waals surface area contributed by atoms with Gasteiger partial charge < -0.3 is 4.74 Å². The fraction of sp³-hybridized carbons (Fsp3) is 0.125.